The summed E-state index contributed by atoms with van der Waals surface area (Å²) >= 11 is 1.68. The second-order valence-corrected chi connectivity index (χ2v) is 10.8. The molecule has 4 aliphatic rings. The van der Waals surface area contributed by atoms with Gasteiger partial charge in [-0.25, -0.2) is 4.79 Å². The van der Waals surface area contributed by atoms with E-state index in [9.17, 15) is 4.79 Å². The van der Waals surface area contributed by atoms with Gasteiger partial charge >= 0.3 is 6.03 Å². The molecule has 4 atom stereocenters. The van der Waals surface area contributed by atoms with Crippen LogP contribution in [0.2, 0.25) is 0 Å². The minimum absolute atomic E-state index is 0.103. The molecular weight excluding hydrogens is 442 g/mol. The van der Waals surface area contributed by atoms with Gasteiger partial charge < -0.3 is 15.5 Å². The summed E-state index contributed by atoms with van der Waals surface area (Å²) in [6, 6.07) is 19.1. The molecule has 34 heavy (non-hydrogen) atoms. The maximum absolute atomic E-state index is 12.5. The van der Waals surface area contributed by atoms with Crippen molar-refractivity contribution in [2.75, 3.05) is 68.8 Å². The Hall–Kier alpha value is -2.22. The molecule has 2 amide bonds. The number of anilines is 2. The van der Waals surface area contributed by atoms with Gasteiger partial charge in [0.15, 0.2) is 0 Å². The van der Waals surface area contributed by atoms with Crippen LogP contribution < -0.4 is 15.5 Å². The van der Waals surface area contributed by atoms with E-state index in [1.54, 1.807) is 11.8 Å². The molecule has 4 saturated heterocycles. The van der Waals surface area contributed by atoms with Gasteiger partial charge in [-0.3, -0.25) is 9.80 Å². The van der Waals surface area contributed by atoms with Gasteiger partial charge in [0.1, 0.15) is 0 Å². The van der Waals surface area contributed by atoms with E-state index in [2.05, 4.69) is 61.7 Å². The van der Waals surface area contributed by atoms with Crippen LogP contribution in [0, 0.1) is 11.8 Å². The van der Waals surface area contributed by atoms with Gasteiger partial charge in [-0.2, -0.15) is 0 Å². The number of rotatable bonds is 7. The van der Waals surface area contributed by atoms with Crippen molar-refractivity contribution in [1.82, 2.24) is 15.1 Å². The number of piperidine rings is 3. The van der Waals surface area contributed by atoms with Gasteiger partial charge in [-0.05, 0) is 67.8 Å². The number of carbonyl (C=O) groups is 1. The summed E-state index contributed by atoms with van der Waals surface area (Å²) in [5.74, 6) is 1.54. The van der Waals surface area contributed by atoms with Crippen molar-refractivity contribution in [3.05, 3.63) is 54.6 Å². The summed E-state index contributed by atoms with van der Waals surface area (Å²) < 4.78 is 0. The number of piperazine rings is 1. The minimum atomic E-state index is -0.103. The van der Waals surface area contributed by atoms with Crippen LogP contribution in [-0.4, -0.2) is 80.5 Å². The Balaban J connectivity index is 1.06. The van der Waals surface area contributed by atoms with Gasteiger partial charge in [0.2, 0.25) is 0 Å². The smallest absolute Gasteiger partial charge is 0.319 e. The largest absolute Gasteiger partial charge is 0.369 e. The Morgan fingerprint density at radius 3 is 2.59 bits per heavy atom. The highest BCUT2D eigenvalue weighted by Crippen LogP contribution is 2.36. The highest BCUT2D eigenvalue weighted by atomic mass is 32.2. The molecule has 1 unspecified atom stereocenters. The van der Waals surface area contributed by atoms with Crippen LogP contribution in [0.5, 0.6) is 0 Å². The first-order valence-corrected chi connectivity index (χ1v) is 13.9. The number of thioether (sulfide) groups is 1. The fourth-order valence-corrected chi connectivity index (χ4v) is 6.37. The second kappa shape index (κ2) is 11.0. The van der Waals surface area contributed by atoms with E-state index < -0.39 is 0 Å². The maximum Gasteiger partial charge on any atom is 0.319 e. The first-order chi connectivity index (χ1) is 16.7. The summed E-state index contributed by atoms with van der Waals surface area (Å²) in [7, 11) is 0. The predicted molar refractivity (Wildman–Crippen MR) is 142 cm³/mol. The van der Waals surface area contributed by atoms with E-state index in [4.69, 9.17) is 0 Å². The summed E-state index contributed by atoms with van der Waals surface area (Å²) in [5.41, 5.74) is 2.20. The normalized spacial score (nSPS) is 26.9. The zero-order chi connectivity index (χ0) is 23.3. The van der Waals surface area contributed by atoms with E-state index in [1.807, 2.05) is 24.5 Å². The zero-order valence-corrected chi connectivity index (χ0v) is 21.0. The average molecular weight is 480 g/mol. The van der Waals surface area contributed by atoms with Gasteiger partial charge in [0, 0.05) is 68.1 Å². The van der Waals surface area contributed by atoms with Crippen molar-refractivity contribution in [2.24, 2.45) is 11.8 Å². The summed E-state index contributed by atoms with van der Waals surface area (Å²) in [4.78, 5) is 21.4. The Kier molecular flexibility index (Phi) is 7.62. The molecule has 0 spiro atoms. The van der Waals surface area contributed by atoms with E-state index in [-0.39, 0.29) is 6.03 Å². The van der Waals surface area contributed by atoms with Crippen molar-refractivity contribution in [1.29, 1.82) is 0 Å². The fraction of sp³-hybridized carbons (Fsp3) is 0.519. The second-order valence-electron chi connectivity index (χ2n) is 9.88. The molecule has 2 N–H and O–H groups in total. The molecule has 4 aliphatic heterocycles. The van der Waals surface area contributed by atoms with Crippen LogP contribution in [0.3, 0.4) is 0 Å². The minimum Gasteiger partial charge on any atom is -0.369 e. The highest BCUT2D eigenvalue weighted by Gasteiger charge is 2.40. The lowest BCUT2D eigenvalue weighted by Crippen LogP contribution is -2.59. The average Bonchev–Trinajstić information content (AvgIpc) is 2.89. The summed E-state index contributed by atoms with van der Waals surface area (Å²) in [5, 5.41) is 6.11. The number of amides is 2. The third kappa shape index (κ3) is 5.70. The highest BCUT2D eigenvalue weighted by molar-refractivity contribution is 7.98. The Labute approximate surface area is 208 Å². The SMILES string of the molecule is CSc1cccc(NC(=O)NC[C@H]2C[C@@H]3CCN2C[C@@H]3CN2CCN(c3ccccc3)CC2)c1. The lowest BCUT2D eigenvalue weighted by Gasteiger charge is -2.51. The standard InChI is InChI=1S/C27H37N5OS/c1-34-26-9-5-6-23(17-26)29-27(33)28-18-25-16-21-10-11-32(25)20-22(21)19-30-12-14-31(15-13-30)24-7-3-2-4-8-24/h2-9,17,21-22,25H,10-16,18-20H2,1H3,(H2,28,29,33)/t21-,22-,25+/m0/s1. The lowest BCUT2D eigenvalue weighted by atomic mass is 9.75. The molecule has 2 aromatic rings. The van der Waals surface area contributed by atoms with Crippen LogP contribution >= 0.6 is 11.8 Å². The van der Waals surface area contributed by atoms with E-state index >= 15 is 0 Å². The molecular formula is C27H37N5OS. The molecule has 2 aromatic carbocycles. The molecule has 6 nitrogen and oxygen atoms in total. The van der Waals surface area contributed by atoms with Gasteiger partial charge in [0.05, 0.1) is 0 Å². The van der Waals surface area contributed by atoms with E-state index in [1.165, 1.54) is 38.2 Å². The third-order valence-corrected chi connectivity index (χ3v) is 8.55. The summed E-state index contributed by atoms with van der Waals surface area (Å²) in [6.45, 7) is 8.84. The first kappa shape index (κ1) is 23.5. The zero-order valence-electron chi connectivity index (χ0n) is 20.2. The number of benzene rings is 2. The number of nitrogens with zero attached hydrogens (tertiary/aromatic N) is 3. The van der Waals surface area contributed by atoms with Crippen LogP contribution in [0.15, 0.2) is 59.5 Å². The van der Waals surface area contributed by atoms with Crippen molar-refractivity contribution in [3.63, 3.8) is 0 Å². The van der Waals surface area contributed by atoms with Crippen molar-refractivity contribution < 1.29 is 4.79 Å². The molecule has 2 bridgehead atoms. The predicted octanol–water partition coefficient (Wildman–Crippen LogP) is 4.06. The Morgan fingerprint density at radius 2 is 1.85 bits per heavy atom. The molecule has 6 rings (SSSR count). The van der Waals surface area contributed by atoms with Crippen LogP contribution in [0.4, 0.5) is 16.2 Å². The monoisotopic (exact) mass is 479 g/mol. The molecule has 0 aliphatic carbocycles. The fourth-order valence-electron chi connectivity index (χ4n) is 5.91. The van der Waals surface area contributed by atoms with Crippen LogP contribution in [-0.2, 0) is 0 Å². The quantitative estimate of drug-likeness (QED) is 0.587. The van der Waals surface area contributed by atoms with Gasteiger partial charge in [-0.1, -0.05) is 24.3 Å². The number of hydrogen-bond donors (Lipinski definition) is 2. The number of carbonyl (C=O) groups excluding carboxylic acids is 1. The van der Waals surface area contributed by atoms with Crippen molar-refractivity contribution >= 4 is 29.2 Å². The molecule has 4 fully saturated rings. The van der Waals surface area contributed by atoms with Gasteiger partial charge in [0.25, 0.3) is 0 Å². The Morgan fingerprint density at radius 1 is 1.03 bits per heavy atom. The lowest BCUT2D eigenvalue weighted by molar-refractivity contribution is -0.0114. The first-order valence-electron chi connectivity index (χ1n) is 12.6. The molecule has 0 aromatic heterocycles. The third-order valence-electron chi connectivity index (χ3n) is 7.83. The van der Waals surface area contributed by atoms with E-state index in [0.29, 0.717) is 6.04 Å². The van der Waals surface area contributed by atoms with Crippen LogP contribution in [0.1, 0.15) is 12.8 Å². The Bertz CT molecular complexity index is 949. The van der Waals surface area contributed by atoms with E-state index in [0.717, 1.165) is 55.1 Å². The summed E-state index contributed by atoms with van der Waals surface area (Å²) in [6.07, 6.45) is 4.55. The molecule has 0 saturated carbocycles. The van der Waals surface area contributed by atoms with Crippen molar-refractivity contribution in [3.8, 4) is 0 Å². The maximum atomic E-state index is 12.5. The topological polar surface area (TPSA) is 50.9 Å². The number of hydrogen-bond acceptors (Lipinski definition) is 5. The molecule has 7 heteroatoms. The molecule has 4 heterocycles. The van der Waals surface area contributed by atoms with Gasteiger partial charge in [-0.15, -0.1) is 11.8 Å². The number of fused-ring (bicyclic) bond motifs is 3. The van der Waals surface area contributed by atoms with Crippen LogP contribution in [0.25, 0.3) is 0 Å². The molecule has 0 radical (unpaired) electrons. The number of urea groups is 1. The number of para-hydroxylation sites is 1. The van der Waals surface area contributed by atoms with Crippen molar-refractivity contribution in [2.45, 2.75) is 23.8 Å². The number of nitrogens with one attached hydrogen (secondary N) is 2. The molecule has 182 valence electrons.